The van der Waals surface area contributed by atoms with Crippen molar-refractivity contribution in [3.63, 3.8) is 0 Å². The lowest BCUT2D eigenvalue weighted by Crippen LogP contribution is -2.39. The number of hydrogen-bond acceptors (Lipinski definition) is 5. The zero-order chi connectivity index (χ0) is 19.9. The van der Waals surface area contributed by atoms with E-state index < -0.39 is 29.6 Å². The van der Waals surface area contributed by atoms with Gasteiger partial charge in [0.1, 0.15) is 23.6 Å². The van der Waals surface area contributed by atoms with Gasteiger partial charge in [-0.2, -0.15) is 0 Å². The topological polar surface area (TPSA) is 61.8 Å². The zero-order valence-electron chi connectivity index (χ0n) is 16.9. The Morgan fingerprint density at radius 1 is 1.00 bits per heavy atom. The molecule has 5 heteroatoms. The summed E-state index contributed by atoms with van der Waals surface area (Å²) in [6.45, 7) is 12.9. The first-order valence-electron chi connectivity index (χ1n) is 9.13. The van der Waals surface area contributed by atoms with Crippen LogP contribution in [0, 0.1) is 11.8 Å². The van der Waals surface area contributed by atoms with Gasteiger partial charge in [0.2, 0.25) is 0 Å². The lowest BCUT2D eigenvalue weighted by molar-refractivity contribution is -0.165. The maximum absolute atomic E-state index is 12.3. The van der Waals surface area contributed by atoms with Gasteiger partial charge in [-0.05, 0) is 45.7 Å². The van der Waals surface area contributed by atoms with Crippen molar-refractivity contribution in [1.82, 2.24) is 0 Å². The van der Waals surface area contributed by atoms with Crippen LogP contribution in [0.15, 0.2) is 30.3 Å². The molecular weight excluding hydrogens is 332 g/mol. The lowest BCUT2D eigenvalue weighted by Gasteiger charge is -2.29. The largest absolute Gasteiger partial charge is 0.486 e. The van der Waals surface area contributed by atoms with Crippen LogP contribution in [0.3, 0.4) is 0 Å². The van der Waals surface area contributed by atoms with Crippen LogP contribution in [-0.4, -0.2) is 29.7 Å². The molecule has 0 amide bonds. The molecule has 0 bridgehead atoms. The molecule has 1 aromatic rings. The van der Waals surface area contributed by atoms with Gasteiger partial charge in [0, 0.05) is 0 Å². The van der Waals surface area contributed by atoms with E-state index >= 15 is 0 Å². The first-order valence-corrected chi connectivity index (χ1v) is 9.13. The Kier molecular flexibility index (Phi) is 8.12. The molecule has 0 aliphatic rings. The average Bonchev–Trinajstić information content (AvgIpc) is 2.51. The molecule has 1 rings (SSSR count). The van der Waals surface area contributed by atoms with Crippen molar-refractivity contribution in [1.29, 1.82) is 0 Å². The quantitative estimate of drug-likeness (QED) is 0.640. The van der Waals surface area contributed by atoms with E-state index in [9.17, 15) is 9.59 Å². The summed E-state index contributed by atoms with van der Waals surface area (Å²) in [6.07, 6.45) is -0.729. The molecule has 146 valence electrons. The van der Waals surface area contributed by atoms with Crippen molar-refractivity contribution >= 4 is 11.9 Å². The first kappa shape index (κ1) is 22.0. The van der Waals surface area contributed by atoms with Gasteiger partial charge in [-0.15, -0.1) is 0 Å². The predicted octanol–water partition coefficient (Wildman–Crippen LogP) is 4.39. The van der Waals surface area contributed by atoms with Gasteiger partial charge in [0.15, 0.2) is 0 Å². The van der Waals surface area contributed by atoms with E-state index in [0.29, 0.717) is 0 Å². The number of para-hydroxylation sites is 1. The molecule has 26 heavy (non-hydrogen) atoms. The predicted molar refractivity (Wildman–Crippen MR) is 101 cm³/mol. The van der Waals surface area contributed by atoms with Crippen molar-refractivity contribution in [2.75, 3.05) is 0 Å². The molecule has 0 spiro atoms. The summed E-state index contributed by atoms with van der Waals surface area (Å²) < 4.78 is 16.8. The number of ether oxygens (including phenoxy) is 3. The third kappa shape index (κ3) is 7.89. The molecule has 1 aromatic carbocycles. The van der Waals surface area contributed by atoms with E-state index in [-0.39, 0.29) is 18.4 Å². The first-order chi connectivity index (χ1) is 12.0. The van der Waals surface area contributed by atoms with Crippen LogP contribution >= 0.6 is 0 Å². The van der Waals surface area contributed by atoms with E-state index in [1.807, 2.05) is 51.1 Å². The minimum absolute atomic E-state index is 0.00525. The lowest BCUT2D eigenvalue weighted by atomic mass is 10.0. The van der Waals surface area contributed by atoms with Gasteiger partial charge in [-0.1, -0.05) is 39.0 Å². The monoisotopic (exact) mass is 364 g/mol. The Bertz CT molecular complexity index is 574. The van der Waals surface area contributed by atoms with Crippen LogP contribution in [0.5, 0.6) is 5.75 Å². The minimum atomic E-state index is -0.572. The van der Waals surface area contributed by atoms with Gasteiger partial charge in [-0.3, -0.25) is 9.59 Å². The fourth-order valence-corrected chi connectivity index (χ4v) is 2.51. The number of carbonyl (C=O) groups excluding carboxylic acids is 2. The molecular formula is C21H32O5. The van der Waals surface area contributed by atoms with Gasteiger partial charge in [0.25, 0.3) is 0 Å². The number of esters is 2. The molecule has 0 saturated carbocycles. The van der Waals surface area contributed by atoms with Crippen LogP contribution in [0.4, 0.5) is 0 Å². The van der Waals surface area contributed by atoms with Crippen LogP contribution in [0.25, 0.3) is 0 Å². The normalized spacial score (nSPS) is 15.1. The molecule has 0 saturated heterocycles. The molecule has 5 nitrogen and oxygen atoms in total. The molecule has 0 N–H and O–H groups in total. The summed E-state index contributed by atoms with van der Waals surface area (Å²) in [7, 11) is 0. The Balaban J connectivity index is 2.63. The van der Waals surface area contributed by atoms with E-state index in [4.69, 9.17) is 14.2 Å². The minimum Gasteiger partial charge on any atom is -0.486 e. The SMILES string of the molecule is CC(C)[C@H](Oc1ccccc1)[C@@H](C)OC(=O)[C@@H](C)CC(=O)OC(C)(C)C. The number of hydrogen-bond donors (Lipinski definition) is 0. The van der Waals surface area contributed by atoms with E-state index in [0.717, 1.165) is 5.75 Å². The van der Waals surface area contributed by atoms with Crippen LogP contribution in [0.1, 0.15) is 54.9 Å². The summed E-state index contributed by atoms with van der Waals surface area (Å²) >= 11 is 0. The molecule has 0 aliphatic carbocycles. The molecule has 0 unspecified atom stereocenters. The van der Waals surface area contributed by atoms with E-state index in [2.05, 4.69) is 0 Å². The Morgan fingerprint density at radius 2 is 1.58 bits per heavy atom. The summed E-state index contributed by atoms with van der Waals surface area (Å²) in [5.41, 5.74) is -0.569. The summed E-state index contributed by atoms with van der Waals surface area (Å²) in [6, 6.07) is 9.45. The molecule has 0 aromatic heterocycles. The molecule has 3 atom stereocenters. The molecule has 0 radical (unpaired) electrons. The van der Waals surface area contributed by atoms with Crippen molar-refractivity contribution in [3.8, 4) is 5.75 Å². The highest BCUT2D eigenvalue weighted by Gasteiger charge is 2.29. The Hall–Kier alpha value is -2.04. The molecule has 0 heterocycles. The maximum Gasteiger partial charge on any atom is 0.309 e. The van der Waals surface area contributed by atoms with Crippen molar-refractivity contribution < 1.29 is 23.8 Å². The molecule has 0 aliphatic heterocycles. The van der Waals surface area contributed by atoms with E-state index in [1.54, 1.807) is 27.7 Å². The van der Waals surface area contributed by atoms with Gasteiger partial charge < -0.3 is 14.2 Å². The van der Waals surface area contributed by atoms with Gasteiger partial charge >= 0.3 is 11.9 Å². The number of carbonyl (C=O) groups is 2. The number of benzene rings is 1. The second-order valence-electron chi connectivity index (χ2n) is 7.97. The van der Waals surface area contributed by atoms with Crippen molar-refractivity contribution in [2.45, 2.75) is 72.7 Å². The van der Waals surface area contributed by atoms with Gasteiger partial charge in [-0.25, -0.2) is 0 Å². The Labute approximate surface area is 157 Å². The second-order valence-corrected chi connectivity index (χ2v) is 7.97. The third-order valence-electron chi connectivity index (χ3n) is 3.73. The van der Waals surface area contributed by atoms with Crippen LogP contribution < -0.4 is 4.74 Å². The highest BCUT2D eigenvalue weighted by Crippen LogP contribution is 2.21. The number of rotatable bonds is 8. The van der Waals surface area contributed by atoms with Crippen molar-refractivity contribution in [2.24, 2.45) is 11.8 Å². The molecule has 0 fully saturated rings. The van der Waals surface area contributed by atoms with Gasteiger partial charge in [0.05, 0.1) is 12.3 Å². The maximum atomic E-state index is 12.3. The standard InChI is InChI=1S/C21H32O5/c1-14(2)19(25-17-11-9-8-10-12-17)16(4)24-20(23)15(3)13-18(22)26-21(5,6)7/h8-12,14-16,19H,13H2,1-7H3/t15-,16+,19-/m0/s1. The van der Waals surface area contributed by atoms with Crippen LogP contribution in [0.2, 0.25) is 0 Å². The summed E-state index contributed by atoms with van der Waals surface area (Å²) in [4.78, 5) is 24.2. The average molecular weight is 364 g/mol. The van der Waals surface area contributed by atoms with Crippen LogP contribution in [-0.2, 0) is 19.1 Å². The highest BCUT2D eigenvalue weighted by molar-refractivity contribution is 5.79. The summed E-state index contributed by atoms with van der Waals surface area (Å²) in [5.74, 6) is -0.520. The third-order valence-corrected chi connectivity index (χ3v) is 3.73. The smallest absolute Gasteiger partial charge is 0.309 e. The fourth-order valence-electron chi connectivity index (χ4n) is 2.51. The second kappa shape index (κ2) is 9.60. The Morgan fingerprint density at radius 3 is 2.08 bits per heavy atom. The highest BCUT2D eigenvalue weighted by atomic mass is 16.6. The zero-order valence-corrected chi connectivity index (χ0v) is 16.9. The van der Waals surface area contributed by atoms with E-state index in [1.165, 1.54) is 0 Å². The summed E-state index contributed by atoms with van der Waals surface area (Å²) in [5, 5.41) is 0. The fraction of sp³-hybridized carbons (Fsp3) is 0.619. The van der Waals surface area contributed by atoms with Crippen molar-refractivity contribution in [3.05, 3.63) is 30.3 Å².